The van der Waals surface area contributed by atoms with Crippen LogP contribution in [0.1, 0.15) is 39.5 Å². The van der Waals surface area contributed by atoms with Gasteiger partial charge in [-0.3, -0.25) is 0 Å². The lowest BCUT2D eigenvalue weighted by atomic mass is 10.1. The zero-order valence-corrected chi connectivity index (χ0v) is 26.5. The van der Waals surface area contributed by atoms with E-state index in [1.54, 1.807) is 24.3 Å². The molecule has 0 saturated heterocycles. The van der Waals surface area contributed by atoms with Crippen LogP contribution in [-0.4, -0.2) is 19.3 Å². The second-order valence-corrected chi connectivity index (χ2v) is 10.6. The van der Waals surface area contributed by atoms with Gasteiger partial charge in [0.25, 0.3) is 0 Å². The van der Waals surface area contributed by atoms with Gasteiger partial charge in [-0.1, -0.05) is 51.0 Å². The maximum absolute atomic E-state index is 11.8. The van der Waals surface area contributed by atoms with Gasteiger partial charge in [0.2, 0.25) is 0 Å². The summed E-state index contributed by atoms with van der Waals surface area (Å²) in [5, 5.41) is 31.7. The number of nitrogens with zero attached hydrogens (tertiary/aromatic N) is 6. The molecule has 238 valence electrons. The van der Waals surface area contributed by atoms with Crippen LogP contribution in [0, 0.1) is 0 Å². The highest BCUT2D eigenvalue weighted by Crippen LogP contribution is 2.35. The van der Waals surface area contributed by atoms with Gasteiger partial charge in [-0.05, 0) is 97.8 Å². The number of hydrogen-bond acceptors (Lipinski definition) is 10. The summed E-state index contributed by atoms with van der Waals surface area (Å²) in [5.41, 5.74) is 5.30. The third-order valence-electron chi connectivity index (χ3n) is 7.04. The van der Waals surface area contributed by atoms with Crippen LogP contribution < -0.4 is 10.1 Å². The minimum absolute atomic E-state index is 0.338. The Morgan fingerprint density at radius 2 is 1.04 bits per heavy atom. The van der Waals surface area contributed by atoms with Gasteiger partial charge in [0.05, 0.1) is 40.7 Å². The number of ether oxygens (including phenoxy) is 2. The molecule has 10 heteroatoms. The fraction of sp³-hybridized carbons (Fsp3) is 0.216. The van der Waals surface area contributed by atoms with Crippen LogP contribution in [0.4, 0.5) is 44.6 Å². The number of fused-ring (bicyclic) bond motifs is 1. The van der Waals surface area contributed by atoms with E-state index in [0.29, 0.717) is 35.1 Å². The standard InChI is InChI=1S/C37H37N7O3/c1-3-5-25-38-27-11-13-28(14-12-27)39-40-29-15-17-30(18-16-29)41-43-35-23-24-36(34-10-8-7-9-33(34)35)44-42-31-19-21-32(22-20-31)47-37(45)46-26-6-4-2/h7-24,38H,3-6,25-26H2,1-2H3/b40-39?,43-41-,44-42?. The number of hydrogen-bond donors (Lipinski definition) is 1. The first-order valence-electron chi connectivity index (χ1n) is 15.8. The Hall–Kier alpha value is -5.77. The lowest BCUT2D eigenvalue weighted by Gasteiger charge is -2.05. The summed E-state index contributed by atoms with van der Waals surface area (Å²) in [5.74, 6) is 0.376. The van der Waals surface area contributed by atoms with Crippen LogP contribution in [-0.2, 0) is 4.74 Å². The SMILES string of the molecule is CCCCNc1ccc(N=Nc2ccc(/N=N\c3ccc(N=Nc4ccc(OC(=O)OCCCC)cc4)c4ccccc34)cc2)cc1. The van der Waals surface area contributed by atoms with Gasteiger partial charge in [0, 0.05) is 23.0 Å². The number of nitrogens with one attached hydrogen (secondary N) is 1. The molecule has 0 aromatic heterocycles. The average molecular weight is 628 g/mol. The normalized spacial score (nSPS) is 11.5. The van der Waals surface area contributed by atoms with Crippen molar-refractivity contribution in [2.75, 3.05) is 18.5 Å². The van der Waals surface area contributed by atoms with Gasteiger partial charge in [-0.25, -0.2) is 4.79 Å². The van der Waals surface area contributed by atoms with E-state index in [9.17, 15) is 4.79 Å². The lowest BCUT2D eigenvalue weighted by molar-refractivity contribution is 0.0978. The Morgan fingerprint density at radius 3 is 1.55 bits per heavy atom. The molecule has 0 radical (unpaired) electrons. The Bertz CT molecular complexity index is 1840. The molecule has 0 unspecified atom stereocenters. The highest BCUT2D eigenvalue weighted by Gasteiger charge is 2.07. The third kappa shape index (κ3) is 9.86. The molecule has 0 saturated carbocycles. The Balaban J connectivity index is 1.21. The number of rotatable bonds is 14. The van der Waals surface area contributed by atoms with Gasteiger partial charge in [0.1, 0.15) is 5.75 Å². The van der Waals surface area contributed by atoms with Crippen molar-refractivity contribution in [1.29, 1.82) is 0 Å². The van der Waals surface area contributed by atoms with E-state index in [-0.39, 0.29) is 0 Å². The summed E-state index contributed by atoms with van der Waals surface area (Å²) >= 11 is 0. The number of anilines is 1. The first-order chi connectivity index (χ1) is 23.1. The van der Waals surface area contributed by atoms with Crippen molar-refractivity contribution in [1.82, 2.24) is 0 Å². The van der Waals surface area contributed by atoms with E-state index in [2.05, 4.69) is 42.9 Å². The first-order valence-corrected chi connectivity index (χ1v) is 15.8. The maximum atomic E-state index is 11.8. The molecule has 10 nitrogen and oxygen atoms in total. The van der Waals surface area contributed by atoms with E-state index in [4.69, 9.17) is 9.47 Å². The lowest BCUT2D eigenvalue weighted by Crippen LogP contribution is -2.11. The molecular formula is C37H37N7O3. The number of carbonyl (C=O) groups excluding carboxylic acids is 1. The maximum Gasteiger partial charge on any atom is 0.513 e. The van der Waals surface area contributed by atoms with Gasteiger partial charge in [-0.2, -0.15) is 20.5 Å². The summed E-state index contributed by atoms with van der Waals surface area (Å²) in [7, 11) is 0. The van der Waals surface area contributed by atoms with E-state index >= 15 is 0 Å². The van der Waals surface area contributed by atoms with Crippen molar-refractivity contribution in [3.8, 4) is 5.75 Å². The summed E-state index contributed by atoms with van der Waals surface area (Å²) in [6.07, 6.45) is 3.32. The molecule has 0 bridgehead atoms. The highest BCUT2D eigenvalue weighted by atomic mass is 16.7. The predicted octanol–water partition coefficient (Wildman–Crippen LogP) is 12.6. The molecule has 1 N–H and O–H groups in total. The van der Waals surface area contributed by atoms with Crippen molar-refractivity contribution in [2.45, 2.75) is 39.5 Å². The van der Waals surface area contributed by atoms with Crippen LogP contribution in [0.5, 0.6) is 5.75 Å². The van der Waals surface area contributed by atoms with E-state index in [1.807, 2.05) is 91.9 Å². The summed E-state index contributed by atoms with van der Waals surface area (Å²) in [6.45, 7) is 5.50. The molecule has 5 rings (SSSR count). The largest absolute Gasteiger partial charge is 0.513 e. The predicted molar refractivity (Wildman–Crippen MR) is 186 cm³/mol. The first kappa shape index (κ1) is 32.6. The highest BCUT2D eigenvalue weighted by molar-refractivity contribution is 5.99. The molecule has 0 aliphatic heterocycles. The second kappa shape index (κ2) is 17.1. The fourth-order valence-electron chi connectivity index (χ4n) is 4.43. The molecule has 5 aromatic carbocycles. The molecule has 0 heterocycles. The average Bonchev–Trinajstić information content (AvgIpc) is 3.11. The number of azo groups is 3. The van der Waals surface area contributed by atoms with Crippen LogP contribution in [0.3, 0.4) is 0 Å². The summed E-state index contributed by atoms with van der Waals surface area (Å²) in [4.78, 5) is 11.8. The summed E-state index contributed by atoms with van der Waals surface area (Å²) < 4.78 is 10.2. The Labute approximate surface area is 274 Å². The zero-order chi connectivity index (χ0) is 32.7. The molecule has 0 amide bonds. The molecule has 5 aromatic rings. The molecule has 0 fully saturated rings. The van der Waals surface area contributed by atoms with Crippen molar-refractivity contribution < 1.29 is 14.3 Å². The van der Waals surface area contributed by atoms with Crippen LogP contribution in [0.25, 0.3) is 10.8 Å². The van der Waals surface area contributed by atoms with Crippen LogP contribution >= 0.6 is 0 Å². The van der Waals surface area contributed by atoms with Crippen molar-refractivity contribution in [3.63, 3.8) is 0 Å². The molecule has 0 atom stereocenters. The van der Waals surface area contributed by atoms with Crippen LogP contribution in [0.2, 0.25) is 0 Å². The minimum Gasteiger partial charge on any atom is -0.434 e. The molecule has 0 aliphatic rings. The topological polar surface area (TPSA) is 122 Å². The Kier molecular flexibility index (Phi) is 11.8. The van der Waals surface area contributed by atoms with Crippen molar-refractivity contribution in [3.05, 3.63) is 109 Å². The molecule has 47 heavy (non-hydrogen) atoms. The number of benzene rings is 5. The monoisotopic (exact) mass is 627 g/mol. The van der Waals surface area contributed by atoms with Gasteiger partial charge >= 0.3 is 6.16 Å². The fourth-order valence-corrected chi connectivity index (χ4v) is 4.43. The number of carbonyl (C=O) groups is 1. The third-order valence-corrected chi connectivity index (χ3v) is 7.04. The summed E-state index contributed by atoms with van der Waals surface area (Å²) in [6, 6.07) is 33.7. The van der Waals surface area contributed by atoms with Crippen molar-refractivity contribution in [2.24, 2.45) is 30.7 Å². The quantitative estimate of drug-likeness (QED) is 0.0569. The number of unbranched alkanes of at least 4 members (excludes halogenated alkanes) is 2. The van der Waals surface area contributed by atoms with Gasteiger partial charge in [0.15, 0.2) is 0 Å². The van der Waals surface area contributed by atoms with Gasteiger partial charge in [-0.15, -0.1) is 10.2 Å². The molecule has 0 aliphatic carbocycles. The van der Waals surface area contributed by atoms with E-state index < -0.39 is 6.16 Å². The van der Waals surface area contributed by atoms with E-state index in [1.165, 1.54) is 0 Å². The van der Waals surface area contributed by atoms with Gasteiger partial charge < -0.3 is 14.8 Å². The zero-order valence-electron chi connectivity index (χ0n) is 26.5. The Morgan fingerprint density at radius 1 is 0.574 bits per heavy atom. The smallest absolute Gasteiger partial charge is 0.434 e. The second-order valence-electron chi connectivity index (χ2n) is 10.6. The minimum atomic E-state index is -0.719. The van der Waals surface area contributed by atoms with Crippen molar-refractivity contribution >= 4 is 56.7 Å². The van der Waals surface area contributed by atoms with E-state index in [0.717, 1.165) is 60.1 Å². The van der Waals surface area contributed by atoms with Crippen LogP contribution in [0.15, 0.2) is 140 Å². The molecular weight excluding hydrogens is 590 g/mol. The molecule has 0 spiro atoms.